The maximum atomic E-state index is 11.4. The van der Waals surface area contributed by atoms with Crippen LogP contribution >= 0.6 is 0 Å². The molecule has 0 saturated heterocycles. The average molecular weight is 301 g/mol. The summed E-state index contributed by atoms with van der Waals surface area (Å²) >= 11 is 0. The van der Waals surface area contributed by atoms with Crippen LogP contribution < -0.4 is 0 Å². The van der Waals surface area contributed by atoms with Crippen molar-refractivity contribution in [3.8, 4) is 0 Å². The maximum absolute atomic E-state index is 11.4. The molecule has 0 fully saturated rings. The molecule has 1 heterocycles. The third kappa shape index (κ3) is 10.6. The monoisotopic (exact) mass is 301 g/mol. The zero-order chi connectivity index (χ0) is 16.6. The van der Waals surface area contributed by atoms with Gasteiger partial charge in [-0.15, -0.1) is 0 Å². The number of esters is 1. The Morgan fingerprint density at radius 2 is 2.05 bits per heavy atom. The van der Waals surface area contributed by atoms with E-state index >= 15 is 0 Å². The van der Waals surface area contributed by atoms with Crippen molar-refractivity contribution in [2.45, 2.75) is 46.6 Å². The lowest BCUT2D eigenvalue weighted by atomic mass is 9.99. The molecule has 6 heteroatoms. The van der Waals surface area contributed by atoms with E-state index in [1.165, 1.54) is 0 Å². The fourth-order valence-corrected chi connectivity index (χ4v) is 1.22. The van der Waals surface area contributed by atoms with Crippen LogP contribution in [0.25, 0.3) is 0 Å². The van der Waals surface area contributed by atoms with Crippen molar-refractivity contribution in [2.24, 2.45) is 10.6 Å². The number of hydrogen-bond acceptors (Lipinski definition) is 5. The van der Waals surface area contributed by atoms with Crippen LogP contribution in [0.4, 0.5) is 4.39 Å². The van der Waals surface area contributed by atoms with Gasteiger partial charge in [-0.1, -0.05) is 39.1 Å². The first-order valence-electron chi connectivity index (χ1n) is 6.59. The Balaban J connectivity index is 0.000000567. The van der Waals surface area contributed by atoms with Crippen LogP contribution in [-0.2, 0) is 14.4 Å². The molecule has 5 nitrogen and oxygen atoms in total. The lowest BCUT2D eigenvalue weighted by molar-refractivity contribution is -0.149. The van der Waals surface area contributed by atoms with Crippen molar-refractivity contribution in [3.05, 3.63) is 24.7 Å². The fraction of sp³-hybridized carbons (Fsp3) is 0.600. The number of rotatable bonds is 4. The molecule has 1 aliphatic rings. The van der Waals surface area contributed by atoms with Gasteiger partial charge in [-0.05, 0) is 12.3 Å². The lowest BCUT2D eigenvalue weighted by Crippen LogP contribution is -2.21. The Morgan fingerprint density at radius 1 is 1.52 bits per heavy atom. The molecule has 0 bridgehead atoms. The van der Waals surface area contributed by atoms with Gasteiger partial charge in [-0.3, -0.25) is 4.79 Å². The third-order valence-electron chi connectivity index (χ3n) is 2.25. The zero-order valence-corrected chi connectivity index (χ0v) is 13.1. The van der Waals surface area contributed by atoms with Gasteiger partial charge in [0.05, 0.1) is 18.7 Å². The summed E-state index contributed by atoms with van der Waals surface area (Å²) < 4.78 is 16.4. The Labute approximate surface area is 125 Å². The van der Waals surface area contributed by atoms with Crippen LogP contribution in [0.1, 0.15) is 40.5 Å². The number of aliphatic hydroxyl groups excluding tert-OH is 1. The molecule has 1 N–H and O–H groups in total. The molecule has 21 heavy (non-hydrogen) atoms. The number of allylic oxidation sites excluding steroid dienone is 1. The van der Waals surface area contributed by atoms with Gasteiger partial charge in [0.2, 0.25) is 0 Å². The summed E-state index contributed by atoms with van der Waals surface area (Å²) in [6, 6.07) is 0. The topological polar surface area (TPSA) is 68.1 Å². The van der Waals surface area contributed by atoms with E-state index in [2.05, 4.69) is 18.3 Å². The van der Waals surface area contributed by atoms with Crippen molar-refractivity contribution in [3.63, 3.8) is 0 Å². The summed E-state index contributed by atoms with van der Waals surface area (Å²) in [7, 11) is 0. The van der Waals surface area contributed by atoms with Crippen LogP contribution in [0.3, 0.4) is 0 Å². The normalized spacial score (nSPS) is 17.0. The van der Waals surface area contributed by atoms with Gasteiger partial charge in [-0.2, -0.15) is 0 Å². The van der Waals surface area contributed by atoms with E-state index in [1.54, 1.807) is 0 Å². The van der Waals surface area contributed by atoms with Crippen molar-refractivity contribution in [1.82, 2.24) is 0 Å². The number of ether oxygens (including phenoxy) is 1. The lowest BCUT2D eigenvalue weighted by Gasteiger charge is -2.18. The van der Waals surface area contributed by atoms with Crippen LogP contribution in [0.15, 0.2) is 29.9 Å². The summed E-state index contributed by atoms with van der Waals surface area (Å²) in [5.41, 5.74) is 0.946. The number of halogens is 1. The van der Waals surface area contributed by atoms with Crippen LogP contribution in [-0.4, -0.2) is 29.5 Å². The minimum Gasteiger partial charge on any atom is -0.506 e. The molecule has 0 spiro atoms. The molecule has 0 aromatic carbocycles. The predicted octanol–water partition coefficient (Wildman–Crippen LogP) is 3.67. The molecule has 1 atom stereocenters. The van der Waals surface area contributed by atoms with E-state index in [1.807, 2.05) is 27.7 Å². The highest BCUT2D eigenvalue weighted by Crippen LogP contribution is 2.16. The summed E-state index contributed by atoms with van der Waals surface area (Å²) in [6.07, 6.45) is 0.888. The Hall–Kier alpha value is -1.85. The highest BCUT2D eigenvalue weighted by molar-refractivity contribution is 5.83. The Kier molecular flexibility index (Phi) is 7.70. The van der Waals surface area contributed by atoms with Crippen LogP contribution in [0, 0.1) is 5.41 Å². The van der Waals surface area contributed by atoms with Gasteiger partial charge in [0.25, 0.3) is 0 Å². The Morgan fingerprint density at radius 3 is 2.38 bits per heavy atom. The zero-order valence-electron chi connectivity index (χ0n) is 13.1. The summed E-state index contributed by atoms with van der Waals surface area (Å²) in [6.45, 7) is 14.0. The smallest absolute Gasteiger partial charge is 0.309 e. The molecule has 0 aliphatic carbocycles. The third-order valence-corrected chi connectivity index (χ3v) is 2.25. The van der Waals surface area contributed by atoms with Gasteiger partial charge in [-0.25, -0.2) is 4.39 Å². The molecule has 120 valence electrons. The fourth-order valence-electron chi connectivity index (χ4n) is 1.22. The van der Waals surface area contributed by atoms with Gasteiger partial charge >= 0.3 is 5.97 Å². The SMILES string of the molecule is C=C(O)C(=C)F.CC1=NOC(CC(=O)OCC(C)(C)C)C1. The molecule has 1 rings (SSSR count). The van der Waals surface area contributed by atoms with Crippen molar-refractivity contribution >= 4 is 11.7 Å². The summed E-state index contributed by atoms with van der Waals surface area (Å²) in [4.78, 5) is 16.5. The number of hydrogen-bond donors (Lipinski definition) is 1. The number of carbonyl (C=O) groups is 1. The van der Waals surface area contributed by atoms with Gasteiger partial charge in [0.15, 0.2) is 5.83 Å². The summed E-state index contributed by atoms with van der Waals surface area (Å²) in [5, 5.41) is 11.7. The predicted molar refractivity (Wildman–Crippen MR) is 79.6 cm³/mol. The van der Waals surface area contributed by atoms with Gasteiger partial charge < -0.3 is 14.7 Å². The van der Waals surface area contributed by atoms with Crippen LogP contribution in [0.5, 0.6) is 0 Å². The van der Waals surface area contributed by atoms with Crippen molar-refractivity contribution in [1.29, 1.82) is 0 Å². The van der Waals surface area contributed by atoms with Crippen molar-refractivity contribution < 1.29 is 23.9 Å². The van der Waals surface area contributed by atoms with Crippen molar-refractivity contribution in [2.75, 3.05) is 6.61 Å². The second-order valence-electron chi connectivity index (χ2n) is 6.04. The maximum Gasteiger partial charge on any atom is 0.309 e. The minimum atomic E-state index is -0.880. The molecule has 0 saturated carbocycles. The minimum absolute atomic E-state index is 0.0125. The molecular formula is C15H24FNO4. The highest BCUT2D eigenvalue weighted by Gasteiger charge is 2.23. The Bertz CT molecular complexity index is 412. The van der Waals surface area contributed by atoms with Gasteiger partial charge in [0.1, 0.15) is 11.9 Å². The molecule has 0 radical (unpaired) electrons. The number of oxime groups is 1. The summed E-state index contributed by atoms with van der Waals surface area (Å²) in [5.74, 6) is -1.69. The largest absolute Gasteiger partial charge is 0.506 e. The standard InChI is InChI=1S/C11H19NO3.C4H5FO/c1-8-5-9(15-12-8)6-10(13)14-7-11(2,3)4;1-3(5)4(2)6/h9H,5-7H2,1-4H3;6H,1-2H2. The molecule has 1 aliphatic heterocycles. The second kappa shape index (κ2) is 8.44. The van der Waals surface area contributed by atoms with E-state index in [4.69, 9.17) is 14.7 Å². The van der Waals surface area contributed by atoms with Gasteiger partial charge in [0, 0.05) is 6.42 Å². The van der Waals surface area contributed by atoms with E-state index in [9.17, 15) is 9.18 Å². The first kappa shape index (κ1) is 19.1. The number of aliphatic hydroxyl groups is 1. The molecular weight excluding hydrogens is 277 g/mol. The van der Waals surface area contributed by atoms with E-state index in [-0.39, 0.29) is 23.9 Å². The van der Waals surface area contributed by atoms with Crippen LogP contribution in [0.2, 0.25) is 0 Å². The molecule has 1 unspecified atom stereocenters. The second-order valence-corrected chi connectivity index (χ2v) is 6.04. The number of nitrogens with zero attached hydrogens (tertiary/aromatic N) is 1. The van der Waals surface area contributed by atoms with E-state index in [0.29, 0.717) is 6.61 Å². The molecule has 0 aromatic rings. The number of carbonyl (C=O) groups excluding carboxylic acids is 1. The van der Waals surface area contributed by atoms with E-state index < -0.39 is 11.6 Å². The van der Waals surface area contributed by atoms with E-state index in [0.717, 1.165) is 12.1 Å². The average Bonchev–Trinajstić information content (AvgIpc) is 2.72. The molecule has 0 aromatic heterocycles. The quantitative estimate of drug-likeness (QED) is 0.488. The first-order chi connectivity index (χ1) is 9.51. The molecule has 0 amide bonds. The first-order valence-corrected chi connectivity index (χ1v) is 6.59. The highest BCUT2D eigenvalue weighted by atomic mass is 19.1.